The Kier molecular flexibility index (Phi) is 5.12. The number of ketones is 1. The van der Waals surface area contributed by atoms with E-state index in [1.165, 1.54) is 0 Å². The van der Waals surface area contributed by atoms with E-state index >= 15 is 0 Å². The van der Waals surface area contributed by atoms with Gasteiger partial charge < -0.3 is 9.47 Å². The molecule has 0 amide bonds. The van der Waals surface area contributed by atoms with Crippen molar-refractivity contribution in [1.29, 1.82) is 0 Å². The first-order chi connectivity index (χ1) is 8.11. The van der Waals surface area contributed by atoms with Crippen molar-refractivity contribution in [1.82, 2.24) is 0 Å². The molecular formula is C12H18O5. The van der Waals surface area contributed by atoms with E-state index in [2.05, 4.69) is 0 Å². The highest BCUT2D eigenvalue weighted by Crippen LogP contribution is 2.27. The first kappa shape index (κ1) is 13.7. The van der Waals surface area contributed by atoms with Crippen molar-refractivity contribution in [3.05, 3.63) is 0 Å². The summed E-state index contributed by atoms with van der Waals surface area (Å²) in [4.78, 5) is 35.0. The van der Waals surface area contributed by atoms with Crippen LogP contribution in [-0.4, -0.2) is 30.9 Å². The van der Waals surface area contributed by atoms with E-state index in [4.69, 9.17) is 9.47 Å². The maximum absolute atomic E-state index is 12.0. The molecule has 0 heterocycles. The number of hydrogen-bond acceptors (Lipinski definition) is 5. The van der Waals surface area contributed by atoms with Crippen LogP contribution in [0.5, 0.6) is 0 Å². The van der Waals surface area contributed by atoms with E-state index in [1.807, 2.05) is 0 Å². The Morgan fingerprint density at radius 3 is 1.82 bits per heavy atom. The molecule has 0 saturated heterocycles. The Morgan fingerprint density at radius 1 is 1.06 bits per heavy atom. The van der Waals surface area contributed by atoms with Crippen LogP contribution in [0.2, 0.25) is 0 Å². The molecule has 1 fully saturated rings. The predicted octanol–water partition coefficient (Wildman–Crippen LogP) is 1.10. The van der Waals surface area contributed by atoms with Crippen LogP contribution >= 0.6 is 0 Å². The van der Waals surface area contributed by atoms with E-state index < -0.39 is 23.8 Å². The fraction of sp³-hybridized carbons (Fsp3) is 0.750. The lowest BCUT2D eigenvalue weighted by Crippen LogP contribution is -2.39. The van der Waals surface area contributed by atoms with Gasteiger partial charge in [-0.2, -0.15) is 0 Å². The normalized spacial score (nSPS) is 24.2. The van der Waals surface area contributed by atoms with Crippen molar-refractivity contribution < 1.29 is 23.9 Å². The zero-order valence-electron chi connectivity index (χ0n) is 10.2. The van der Waals surface area contributed by atoms with Gasteiger partial charge in [0.15, 0.2) is 5.78 Å². The Balaban J connectivity index is 2.68. The fourth-order valence-electron chi connectivity index (χ4n) is 2.01. The highest BCUT2D eigenvalue weighted by molar-refractivity contribution is 6.08. The number of carbonyl (C=O) groups excluding carboxylic acids is 3. The first-order valence-electron chi connectivity index (χ1n) is 5.98. The van der Waals surface area contributed by atoms with Gasteiger partial charge in [-0.1, -0.05) is 6.42 Å². The lowest BCUT2D eigenvalue weighted by molar-refractivity contribution is -0.159. The number of rotatable bonds is 4. The fourth-order valence-corrected chi connectivity index (χ4v) is 2.01. The average Bonchev–Trinajstić information content (AvgIpc) is 2.29. The number of carbonyl (C=O) groups is 3. The lowest BCUT2D eigenvalue weighted by atomic mass is 9.80. The van der Waals surface area contributed by atoms with Gasteiger partial charge in [0.1, 0.15) is 11.8 Å². The summed E-state index contributed by atoms with van der Waals surface area (Å²) in [6.45, 7) is 3.86. The van der Waals surface area contributed by atoms with Gasteiger partial charge in [0, 0.05) is 0 Å². The Morgan fingerprint density at radius 2 is 1.47 bits per heavy atom. The number of Topliss-reactive ketones (excluding diaryl/α,β-unsaturated/α-hetero) is 1. The average molecular weight is 242 g/mol. The van der Waals surface area contributed by atoms with Crippen molar-refractivity contribution in [3.8, 4) is 0 Å². The second-order valence-electron chi connectivity index (χ2n) is 3.94. The van der Waals surface area contributed by atoms with Crippen molar-refractivity contribution >= 4 is 17.7 Å². The van der Waals surface area contributed by atoms with E-state index in [1.54, 1.807) is 13.8 Å². The van der Waals surface area contributed by atoms with E-state index in [-0.39, 0.29) is 19.0 Å². The standard InChI is InChI=1S/C12H18O5/c1-3-16-11(14)8-6-5-7-9(10(8)13)12(15)17-4-2/h8-9H,3-7H2,1-2H3/t8-,9-/m0/s1. The largest absolute Gasteiger partial charge is 0.465 e. The Bertz CT molecular complexity index is 282. The predicted molar refractivity (Wildman–Crippen MR) is 59.1 cm³/mol. The smallest absolute Gasteiger partial charge is 0.316 e. The van der Waals surface area contributed by atoms with Crippen molar-refractivity contribution in [3.63, 3.8) is 0 Å². The number of ether oxygens (including phenoxy) is 2. The second-order valence-corrected chi connectivity index (χ2v) is 3.94. The molecule has 1 aliphatic rings. The topological polar surface area (TPSA) is 69.7 Å². The first-order valence-corrected chi connectivity index (χ1v) is 5.98. The van der Waals surface area contributed by atoms with Gasteiger partial charge in [0.25, 0.3) is 0 Å². The SMILES string of the molecule is CCOC(=O)[C@H]1CCC[C@H](C(=O)OCC)C1=O. The summed E-state index contributed by atoms with van der Waals surface area (Å²) in [6.07, 6.45) is 1.60. The molecular weight excluding hydrogens is 224 g/mol. The summed E-state index contributed by atoms with van der Waals surface area (Å²) < 4.78 is 9.66. The summed E-state index contributed by atoms with van der Waals surface area (Å²) in [6, 6.07) is 0. The van der Waals surface area contributed by atoms with Crippen LogP contribution in [0.4, 0.5) is 0 Å². The molecule has 0 bridgehead atoms. The zero-order chi connectivity index (χ0) is 12.8. The molecule has 0 aromatic carbocycles. The van der Waals surface area contributed by atoms with Gasteiger partial charge in [0.05, 0.1) is 13.2 Å². The van der Waals surface area contributed by atoms with Crippen LogP contribution in [-0.2, 0) is 23.9 Å². The minimum Gasteiger partial charge on any atom is -0.465 e. The summed E-state index contributed by atoms with van der Waals surface area (Å²) in [5.74, 6) is -2.98. The molecule has 0 radical (unpaired) electrons. The third-order valence-corrected chi connectivity index (χ3v) is 2.81. The van der Waals surface area contributed by atoms with Gasteiger partial charge in [0.2, 0.25) is 0 Å². The molecule has 0 spiro atoms. The molecule has 5 heteroatoms. The van der Waals surface area contributed by atoms with Gasteiger partial charge in [-0.25, -0.2) is 0 Å². The van der Waals surface area contributed by atoms with Crippen LogP contribution in [0.1, 0.15) is 33.1 Å². The minimum absolute atomic E-state index is 0.243. The maximum Gasteiger partial charge on any atom is 0.316 e. The van der Waals surface area contributed by atoms with Crippen LogP contribution in [0, 0.1) is 11.8 Å². The molecule has 2 atom stereocenters. The quantitative estimate of drug-likeness (QED) is 0.545. The van der Waals surface area contributed by atoms with Gasteiger partial charge in [-0.15, -0.1) is 0 Å². The Hall–Kier alpha value is -1.39. The van der Waals surface area contributed by atoms with Gasteiger partial charge in [-0.05, 0) is 26.7 Å². The molecule has 17 heavy (non-hydrogen) atoms. The number of hydrogen-bond donors (Lipinski definition) is 0. The molecule has 0 unspecified atom stereocenters. The molecule has 96 valence electrons. The third-order valence-electron chi connectivity index (χ3n) is 2.81. The van der Waals surface area contributed by atoms with E-state index in [0.29, 0.717) is 19.3 Å². The summed E-state index contributed by atoms with van der Waals surface area (Å²) in [5.41, 5.74) is 0. The van der Waals surface area contributed by atoms with Crippen LogP contribution in [0.3, 0.4) is 0 Å². The van der Waals surface area contributed by atoms with Gasteiger partial charge >= 0.3 is 11.9 Å². The van der Waals surface area contributed by atoms with Crippen molar-refractivity contribution in [2.24, 2.45) is 11.8 Å². The molecule has 1 saturated carbocycles. The van der Waals surface area contributed by atoms with Crippen LogP contribution in [0.15, 0.2) is 0 Å². The molecule has 0 aliphatic heterocycles. The monoisotopic (exact) mass is 242 g/mol. The van der Waals surface area contributed by atoms with Gasteiger partial charge in [-0.3, -0.25) is 14.4 Å². The maximum atomic E-state index is 12.0. The molecule has 1 rings (SSSR count). The van der Waals surface area contributed by atoms with Crippen molar-refractivity contribution in [2.45, 2.75) is 33.1 Å². The van der Waals surface area contributed by atoms with Crippen molar-refractivity contribution in [2.75, 3.05) is 13.2 Å². The second kappa shape index (κ2) is 6.37. The van der Waals surface area contributed by atoms with Crippen LogP contribution in [0.25, 0.3) is 0 Å². The summed E-state index contributed by atoms with van der Waals surface area (Å²) in [5, 5.41) is 0. The summed E-state index contributed by atoms with van der Waals surface area (Å²) in [7, 11) is 0. The lowest BCUT2D eigenvalue weighted by Gasteiger charge is -2.24. The molecule has 1 aliphatic carbocycles. The van der Waals surface area contributed by atoms with E-state index in [0.717, 1.165) is 0 Å². The highest BCUT2D eigenvalue weighted by atomic mass is 16.5. The number of esters is 2. The molecule has 5 nitrogen and oxygen atoms in total. The molecule has 0 N–H and O–H groups in total. The molecule has 0 aromatic rings. The molecule has 0 aromatic heterocycles. The third kappa shape index (κ3) is 3.28. The minimum atomic E-state index is -0.793. The Labute approximate surface area is 100 Å². The van der Waals surface area contributed by atoms with E-state index in [9.17, 15) is 14.4 Å². The highest BCUT2D eigenvalue weighted by Gasteiger charge is 2.40. The van der Waals surface area contributed by atoms with Crippen LogP contribution < -0.4 is 0 Å². The zero-order valence-corrected chi connectivity index (χ0v) is 10.2. The summed E-state index contributed by atoms with van der Waals surface area (Å²) >= 11 is 0.